The summed E-state index contributed by atoms with van der Waals surface area (Å²) < 4.78 is 52.5. The second-order valence-corrected chi connectivity index (χ2v) is 11.0. The fourth-order valence-corrected chi connectivity index (χ4v) is 6.15. The molecule has 17 nitrogen and oxygen atoms in total. The molecule has 1 fully saturated rings. The molecule has 1 saturated heterocycles. The Kier molecular flexibility index (Phi) is 8.12. The molecule has 3 unspecified atom stereocenters. The number of nitrogens with zero attached hydrogens (tertiary/aromatic N) is 1. The van der Waals surface area contributed by atoms with Gasteiger partial charge in [-0.2, -0.15) is 8.62 Å². The van der Waals surface area contributed by atoms with Gasteiger partial charge < -0.3 is 35.2 Å². The lowest BCUT2D eigenvalue weighted by molar-refractivity contribution is -0.0755. The van der Waals surface area contributed by atoms with Gasteiger partial charge in [-0.05, 0) is 13.8 Å². The number of hydrogen-bond donors (Lipinski definition) is 7. The number of aromatic amines is 1. The highest BCUT2D eigenvalue weighted by Crippen LogP contribution is 2.66. The van der Waals surface area contributed by atoms with Gasteiger partial charge in [0.1, 0.15) is 12.2 Å². The van der Waals surface area contributed by atoms with Gasteiger partial charge in [0.05, 0.1) is 6.10 Å². The molecule has 20 heteroatoms. The minimum absolute atomic E-state index is 0.739. The van der Waals surface area contributed by atoms with Crippen LogP contribution in [-0.2, 0) is 31.6 Å². The third kappa shape index (κ3) is 6.78. The van der Waals surface area contributed by atoms with Gasteiger partial charge in [-0.15, -0.1) is 5.92 Å². The number of H-pyrrole nitrogens is 1. The Morgan fingerprint density at radius 2 is 1.82 bits per heavy atom. The second kappa shape index (κ2) is 9.65. The second-order valence-electron chi connectivity index (χ2n) is 6.62. The van der Waals surface area contributed by atoms with Crippen LogP contribution in [0.3, 0.4) is 0 Å². The zero-order valence-corrected chi connectivity index (χ0v) is 19.4. The van der Waals surface area contributed by atoms with Crippen molar-refractivity contribution in [2.24, 2.45) is 5.73 Å². The first-order valence-corrected chi connectivity index (χ1v) is 13.1. The minimum atomic E-state index is -5.78. The van der Waals surface area contributed by atoms with E-state index >= 15 is 0 Å². The fraction of sp³-hybridized carbons (Fsp3) is 0.538. The Labute approximate surface area is 184 Å². The molecule has 1 aliphatic heterocycles. The standard InChI is InChI=1S/C13H20N3O14P3/c1-3-5-13(14)10(18)9(27-11(13)16-6-4-8(17)15-12(16)19)7(2)28-32(23,24)30-33(25,26)29-31(20,21)22/h4,6-7,9-11,18H,14H2,1-2H3,(H,23,24)(H,25,26)(H,15,17,19)(H2,20,21,22)/t7-,9+,10?,11+,13+/m0/s1. The third-order valence-electron chi connectivity index (χ3n) is 4.12. The van der Waals surface area contributed by atoms with Crippen LogP contribution in [0.4, 0.5) is 0 Å². The smallest absolute Gasteiger partial charge is 0.387 e. The molecule has 0 spiro atoms. The molecule has 33 heavy (non-hydrogen) atoms. The van der Waals surface area contributed by atoms with Gasteiger partial charge in [0, 0.05) is 12.3 Å². The first-order chi connectivity index (χ1) is 14.9. The van der Waals surface area contributed by atoms with Crippen molar-refractivity contribution in [3.05, 3.63) is 33.1 Å². The van der Waals surface area contributed by atoms with Crippen LogP contribution >= 0.6 is 23.5 Å². The number of rotatable bonds is 8. The quantitative estimate of drug-likeness (QED) is 0.144. The SMILES string of the molecule is CC#C[C@@]1(N)C(O)[C@@H]([C@H](C)OP(=O)(O)OP(=O)(O)OP(=O)(O)O)O[C@H]1n1ccc(=O)[nH]c1=O. The molecule has 1 aliphatic rings. The number of ether oxygens (including phenoxy) is 1. The predicted molar refractivity (Wildman–Crippen MR) is 106 cm³/mol. The predicted octanol–water partition coefficient (Wildman–Crippen LogP) is -1.75. The number of nitrogens with two attached hydrogens (primary N) is 1. The largest absolute Gasteiger partial charge is 0.490 e. The minimum Gasteiger partial charge on any atom is -0.387 e. The summed E-state index contributed by atoms with van der Waals surface area (Å²) in [4.78, 5) is 61.5. The molecule has 2 heterocycles. The lowest BCUT2D eigenvalue weighted by Crippen LogP contribution is -2.55. The summed E-state index contributed by atoms with van der Waals surface area (Å²) in [5.41, 5.74) is 2.43. The maximum Gasteiger partial charge on any atom is 0.490 e. The molecule has 0 aromatic carbocycles. The monoisotopic (exact) mass is 535 g/mol. The summed E-state index contributed by atoms with van der Waals surface area (Å²) in [6, 6.07) is 0.958. The first-order valence-electron chi connectivity index (χ1n) is 8.61. The Bertz CT molecular complexity index is 1210. The highest BCUT2D eigenvalue weighted by molar-refractivity contribution is 7.66. The van der Waals surface area contributed by atoms with E-state index in [1.807, 2.05) is 4.98 Å². The molecule has 7 atom stereocenters. The van der Waals surface area contributed by atoms with Gasteiger partial charge in [-0.3, -0.25) is 18.9 Å². The lowest BCUT2D eigenvalue weighted by atomic mass is 9.90. The summed E-state index contributed by atoms with van der Waals surface area (Å²) in [5.74, 6) is 4.90. The summed E-state index contributed by atoms with van der Waals surface area (Å²) in [6.07, 6.45) is -5.59. The highest BCUT2D eigenvalue weighted by Gasteiger charge is 2.57. The molecule has 0 saturated carbocycles. The number of aliphatic hydroxyl groups excluding tert-OH is 1. The molecule has 1 aromatic heterocycles. The summed E-state index contributed by atoms with van der Waals surface area (Å²) in [6.45, 7) is 2.40. The van der Waals surface area contributed by atoms with Crippen molar-refractivity contribution in [2.75, 3.05) is 0 Å². The number of nitrogens with one attached hydrogen (secondary N) is 1. The van der Waals surface area contributed by atoms with E-state index in [1.165, 1.54) is 6.92 Å². The fourth-order valence-electron chi connectivity index (χ4n) is 2.95. The van der Waals surface area contributed by atoms with Crippen LogP contribution in [0.15, 0.2) is 21.9 Å². The van der Waals surface area contributed by atoms with Crippen molar-refractivity contribution >= 4 is 23.5 Å². The first kappa shape index (κ1) is 27.8. The van der Waals surface area contributed by atoms with Crippen LogP contribution in [0.5, 0.6) is 0 Å². The highest BCUT2D eigenvalue weighted by atomic mass is 31.3. The van der Waals surface area contributed by atoms with Crippen LogP contribution in [0.2, 0.25) is 0 Å². The van der Waals surface area contributed by atoms with E-state index in [9.17, 15) is 38.2 Å². The molecule has 8 N–H and O–H groups in total. The summed E-state index contributed by atoms with van der Waals surface area (Å²) in [5, 5.41) is 10.7. The molecule has 0 radical (unpaired) electrons. The van der Waals surface area contributed by atoms with Crippen LogP contribution < -0.4 is 17.0 Å². The van der Waals surface area contributed by atoms with E-state index < -0.39 is 64.8 Å². The molecular weight excluding hydrogens is 515 g/mol. The maximum absolute atomic E-state index is 12.2. The van der Waals surface area contributed by atoms with Crippen molar-refractivity contribution in [1.29, 1.82) is 0 Å². The van der Waals surface area contributed by atoms with Gasteiger partial charge in [0.15, 0.2) is 11.8 Å². The van der Waals surface area contributed by atoms with E-state index in [1.54, 1.807) is 0 Å². The van der Waals surface area contributed by atoms with Gasteiger partial charge in [-0.1, -0.05) is 5.92 Å². The number of aromatic nitrogens is 2. The maximum atomic E-state index is 12.2. The van der Waals surface area contributed by atoms with Crippen molar-refractivity contribution in [3.63, 3.8) is 0 Å². The number of phosphoric ester groups is 1. The van der Waals surface area contributed by atoms with Gasteiger partial charge in [-0.25, -0.2) is 18.5 Å². The lowest BCUT2D eigenvalue weighted by Gasteiger charge is -2.28. The van der Waals surface area contributed by atoms with E-state index in [4.69, 9.17) is 20.3 Å². The van der Waals surface area contributed by atoms with Crippen molar-refractivity contribution in [1.82, 2.24) is 9.55 Å². The molecule has 0 bridgehead atoms. The molecule has 2 rings (SSSR count). The molecule has 186 valence electrons. The number of phosphoric acid groups is 3. The molecule has 0 aliphatic carbocycles. The average molecular weight is 535 g/mol. The molecular formula is C13H20N3O14P3. The van der Waals surface area contributed by atoms with E-state index in [2.05, 4.69) is 25.0 Å². The van der Waals surface area contributed by atoms with Crippen LogP contribution in [0, 0.1) is 11.8 Å². The van der Waals surface area contributed by atoms with Crippen LogP contribution in [0.1, 0.15) is 20.1 Å². The van der Waals surface area contributed by atoms with Crippen molar-refractivity contribution < 1.29 is 56.3 Å². The third-order valence-corrected chi connectivity index (χ3v) is 8.04. The van der Waals surface area contributed by atoms with Gasteiger partial charge in [0.2, 0.25) is 0 Å². The number of aliphatic hydroxyl groups is 1. The van der Waals surface area contributed by atoms with Crippen molar-refractivity contribution in [3.8, 4) is 11.8 Å². The van der Waals surface area contributed by atoms with Gasteiger partial charge >= 0.3 is 29.2 Å². The van der Waals surface area contributed by atoms with Crippen LogP contribution in [-0.4, -0.2) is 58.1 Å². The summed E-state index contributed by atoms with van der Waals surface area (Å²) >= 11 is 0. The zero-order valence-electron chi connectivity index (χ0n) is 16.7. The van der Waals surface area contributed by atoms with Crippen LogP contribution in [0.25, 0.3) is 0 Å². The Balaban J connectivity index is 2.32. The Morgan fingerprint density at radius 3 is 2.33 bits per heavy atom. The Morgan fingerprint density at radius 1 is 1.21 bits per heavy atom. The zero-order chi connectivity index (χ0) is 25.4. The van der Waals surface area contributed by atoms with E-state index in [0.29, 0.717) is 0 Å². The normalized spacial score (nSPS) is 30.0. The number of hydrogen-bond acceptors (Lipinski definition) is 11. The van der Waals surface area contributed by atoms with E-state index in [0.717, 1.165) is 23.8 Å². The average Bonchev–Trinajstić information content (AvgIpc) is 2.83. The summed E-state index contributed by atoms with van der Waals surface area (Å²) in [7, 11) is -16.9. The molecule has 0 amide bonds. The van der Waals surface area contributed by atoms with Crippen molar-refractivity contribution in [2.45, 2.75) is 43.9 Å². The van der Waals surface area contributed by atoms with E-state index in [-0.39, 0.29) is 0 Å². The van der Waals surface area contributed by atoms with Gasteiger partial charge in [0.25, 0.3) is 5.56 Å². The topological polar surface area (TPSA) is 270 Å². The Hall–Kier alpha value is -1.47. The molecule has 1 aromatic rings.